The molecule has 0 radical (unpaired) electrons. The summed E-state index contributed by atoms with van der Waals surface area (Å²) >= 11 is 0. The lowest BCUT2D eigenvalue weighted by atomic mass is 10.1. The van der Waals surface area contributed by atoms with Crippen LogP contribution in [0.4, 0.5) is 5.69 Å². The molecule has 2 rings (SSSR count). The summed E-state index contributed by atoms with van der Waals surface area (Å²) in [4.78, 5) is 12.2. The molecule has 1 heterocycles. The van der Waals surface area contributed by atoms with Crippen LogP contribution < -0.4 is 10.1 Å². The molecule has 0 aliphatic rings. The molecule has 6 nitrogen and oxygen atoms in total. The van der Waals surface area contributed by atoms with E-state index in [1.807, 2.05) is 24.3 Å². The Balaban J connectivity index is 2.24. The largest absolute Gasteiger partial charge is 0.497 e. The van der Waals surface area contributed by atoms with Crippen LogP contribution in [0.3, 0.4) is 0 Å². The predicted molar refractivity (Wildman–Crippen MR) is 79.2 cm³/mol. The molecule has 1 aromatic carbocycles. The molecule has 0 aliphatic heterocycles. The average molecular weight is 289 g/mol. The van der Waals surface area contributed by atoms with Crippen molar-refractivity contribution in [1.29, 1.82) is 0 Å². The maximum Gasteiger partial charge on any atom is 0.333 e. The minimum atomic E-state index is -0.606. The summed E-state index contributed by atoms with van der Waals surface area (Å²) in [5.41, 5.74) is 1.52. The van der Waals surface area contributed by atoms with Crippen LogP contribution >= 0.6 is 0 Å². The molecule has 0 saturated carbocycles. The third kappa shape index (κ3) is 3.75. The van der Waals surface area contributed by atoms with Gasteiger partial charge in [0.15, 0.2) is 6.04 Å². The average Bonchev–Trinajstić information content (AvgIpc) is 2.91. The maximum absolute atomic E-state index is 12.2. The quantitative estimate of drug-likeness (QED) is 0.825. The number of anilines is 1. The smallest absolute Gasteiger partial charge is 0.333 e. The number of carbonyl (C=O) groups is 1. The number of methoxy groups -OCH3 is 1. The minimum Gasteiger partial charge on any atom is -0.497 e. The number of benzene rings is 1. The first-order valence-electron chi connectivity index (χ1n) is 6.69. The van der Waals surface area contributed by atoms with Crippen LogP contribution in [0.1, 0.15) is 18.5 Å². The lowest BCUT2D eigenvalue weighted by molar-refractivity contribution is -0.144. The number of rotatable bonds is 6. The number of hydrogen-bond donors (Lipinski definition) is 1. The molecule has 1 aromatic heterocycles. The second-order valence-corrected chi connectivity index (χ2v) is 4.51. The molecule has 1 unspecified atom stereocenters. The van der Waals surface area contributed by atoms with E-state index < -0.39 is 6.04 Å². The summed E-state index contributed by atoms with van der Waals surface area (Å²) in [7, 11) is 3.40. The number of nitrogens with one attached hydrogen (secondary N) is 1. The topological polar surface area (TPSA) is 65.4 Å². The molecule has 0 bridgehead atoms. The summed E-state index contributed by atoms with van der Waals surface area (Å²) in [5.74, 6) is 0.377. The molecule has 1 atom stereocenters. The Morgan fingerprint density at radius 1 is 1.48 bits per heavy atom. The Labute approximate surface area is 123 Å². The summed E-state index contributed by atoms with van der Waals surface area (Å²) in [5, 5.41) is 7.26. The highest BCUT2D eigenvalue weighted by Gasteiger charge is 2.23. The van der Waals surface area contributed by atoms with Gasteiger partial charge in [0.2, 0.25) is 0 Å². The minimum absolute atomic E-state index is 0.329. The first-order valence-corrected chi connectivity index (χ1v) is 6.69. The van der Waals surface area contributed by atoms with E-state index in [0.717, 1.165) is 11.3 Å². The van der Waals surface area contributed by atoms with Crippen molar-refractivity contribution in [2.75, 3.05) is 19.0 Å². The van der Waals surface area contributed by atoms with Crippen LogP contribution in [0, 0.1) is 0 Å². The molecule has 0 fully saturated rings. The van der Waals surface area contributed by atoms with Gasteiger partial charge in [0.05, 0.1) is 19.9 Å². The van der Waals surface area contributed by atoms with Crippen molar-refractivity contribution in [2.24, 2.45) is 7.05 Å². The number of hydrogen-bond acceptors (Lipinski definition) is 5. The van der Waals surface area contributed by atoms with Crippen LogP contribution in [0.5, 0.6) is 5.75 Å². The van der Waals surface area contributed by atoms with Gasteiger partial charge >= 0.3 is 5.97 Å². The fourth-order valence-corrected chi connectivity index (χ4v) is 1.97. The molecule has 0 saturated heterocycles. The summed E-state index contributed by atoms with van der Waals surface area (Å²) in [6, 6.07) is 6.78. The molecule has 2 aromatic rings. The van der Waals surface area contributed by atoms with Crippen LogP contribution in [-0.2, 0) is 16.6 Å². The summed E-state index contributed by atoms with van der Waals surface area (Å²) in [6.45, 7) is 2.11. The normalized spacial score (nSPS) is 11.8. The first-order chi connectivity index (χ1) is 10.1. The lowest BCUT2D eigenvalue weighted by Crippen LogP contribution is -2.23. The maximum atomic E-state index is 12.2. The van der Waals surface area contributed by atoms with Crippen LogP contribution in [0.25, 0.3) is 0 Å². The van der Waals surface area contributed by atoms with Gasteiger partial charge < -0.3 is 14.8 Å². The molecular formula is C15H19N3O3. The van der Waals surface area contributed by atoms with Crippen molar-refractivity contribution in [3.8, 4) is 5.75 Å². The van der Waals surface area contributed by atoms with Gasteiger partial charge in [-0.05, 0) is 19.1 Å². The molecule has 6 heteroatoms. The monoisotopic (exact) mass is 289 g/mol. The molecule has 1 N–H and O–H groups in total. The van der Waals surface area contributed by atoms with E-state index in [1.54, 1.807) is 38.2 Å². The molecule has 0 amide bonds. The van der Waals surface area contributed by atoms with Gasteiger partial charge in [0, 0.05) is 30.6 Å². The van der Waals surface area contributed by atoms with Crippen LogP contribution in [0.15, 0.2) is 36.7 Å². The third-order valence-corrected chi connectivity index (χ3v) is 2.96. The van der Waals surface area contributed by atoms with Crippen LogP contribution in [0.2, 0.25) is 0 Å². The molecule has 21 heavy (non-hydrogen) atoms. The standard InChI is InChI=1S/C15H19N3O3/c1-4-21-15(19)14(11-9-16-18(2)10-11)17-12-6-5-7-13(8-12)20-3/h5-10,14,17H,4H2,1-3H3. The van der Waals surface area contributed by atoms with E-state index >= 15 is 0 Å². The second-order valence-electron chi connectivity index (χ2n) is 4.51. The van der Waals surface area contributed by atoms with E-state index in [9.17, 15) is 4.79 Å². The van der Waals surface area contributed by atoms with Crippen molar-refractivity contribution in [2.45, 2.75) is 13.0 Å². The molecule has 0 aliphatic carbocycles. The van der Waals surface area contributed by atoms with Gasteiger partial charge in [-0.15, -0.1) is 0 Å². The Morgan fingerprint density at radius 2 is 2.29 bits per heavy atom. The fraction of sp³-hybridized carbons (Fsp3) is 0.333. The summed E-state index contributed by atoms with van der Waals surface area (Å²) < 4.78 is 12.0. The number of aromatic nitrogens is 2. The van der Waals surface area contributed by atoms with Crippen molar-refractivity contribution in [1.82, 2.24) is 9.78 Å². The highest BCUT2D eigenvalue weighted by atomic mass is 16.5. The third-order valence-electron chi connectivity index (χ3n) is 2.96. The fourth-order valence-electron chi connectivity index (χ4n) is 1.97. The summed E-state index contributed by atoms with van der Waals surface area (Å²) in [6.07, 6.45) is 3.43. The van der Waals surface area contributed by atoms with E-state index in [-0.39, 0.29) is 5.97 Å². The number of nitrogens with zero attached hydrogens (tertiary/aromatic N) is 2. The van der Waals surface area contributed by atoms with Crippen molar-refractivity contribution in [3.63, 3.8) is 0 Å². The van der Waals surface area contributed by atoms with Gasteiger partial charge in [-0.25, -0.2) is 4.79 Å². The van der Waals surface area contributed by atoms with E-state index in [4.69, 9.17) is 9.47 Å². The van der Waals surface area contributed by atoms with Crippen molar-refractivity contribution < 1.29 is 14.3 Å². The highest BCUT2D eigenvalue weighted by molar-refractivity contribution is 5.81. The molecule has 0 spiro atoms. The van der Waals surface area contributed by atoms with Crippen LogP contribution in [-0.4, -0.2) is 29.5 Å². The Morgan fingerprint density at radius 3 is 2.90 bits per heavy atom. The van der Waals surface area contributed by atoms with Gasteiger partial charge in [0.25, 0.3) is 0 Å². The zero-order chi connectivity index (χ0) is 15.2. The van der Waals surface area contributed by atoms with Gasteiger partial charge in [-0.1, -0.05) is 6.07 Å². The van der Waals surface area contributed by atoms with E-state index in [1.165, 1.54) is 0 Å². The van der Waals surface area contributed by atoms with Gasteiger partial charge in [-0.2, -0.15) is 5.10 Å². The van der Waals surface area contributed by atoms with Gasteiger partial charge in [0.1, 0.15) is 5.75 Å². The first kappa shape index (κ1) is 14.9. The Hall–Kier alpha value is -2.50. The second kappa shape index (κ2) is 6.78. The molecule has 112 valence electrons. The number of esters is 1. The highest BCUT2D eigenvalue weighted by Crippen LogP contribution is 2.23. The van der Waals surface area contributed by atoms with Crippen molar-refractivity contribution in [3.05, 3.63) is 42.2 Å². The van der Waals surface area contributed by atoms with Crippen molar-refractivity contribution >= 4 is 11.7 Å². The zero-order valence-electron chi connectivity index (χ0n) is 12.4. The SMILES string of the molecule is CCOC(=O)C(Nc1cccc(OC)c1)c1cnn(C)c1. The lowest BCUT2D eigenvalue weighted by Gasteiger charge is -2.17. The van der Waals surface area contributed by atoms with Gasteiger partial charge in [-0.3, -0.25) is 4.68 Å². The van der Waals surface area contributed by atoms with E-state index in [0.29, 0.717) is 12.4 Å². The Bertz CT molecular complexity index is 610. The number of ether oxygens (including phenoxy) is 2. The zero-order valence-corrected chi connectivity index (χ0v) is 12.4. The number of aryl methyl sites for hydroxylation is 1. The van der Waals surface area contributed by atoms with E-state index in [2.05, 4.69) is 10.4 Å². The predicted octanol–water partition coefficient (Wildman–Crippen LogP) is 2.15. The molecular weight excluding hydrogens is 270 g/mol. The Kier molecular flexibility index (Phi) is 4.81. The number of carbonyl (C=O) groups excluding carboxylic acids is 1.